The van der Waals surface area contributed by atoms with Crippen molar-refractivity contribution in [1.82, 2.24) is 0 Å². The molecule has 0 aromatic heterocycles. The van der Waals surface area contributed by atoms with E-state index in [9.17, 15) is 0 Å². The second kappa shape index (κ2) is 6.21. The summed E-state index contributed by atoms with van der Waals surface area (Å²) in [6.45, 7) is 0.396. The van der Waals surface area contributed by atoms with E-state index in [1.807, 2.05) is 24.3 Å². The second-order valence-corrected chi connectivity index (χ2v) is 3.91. The van der Waals surface area contributed by atoms with Crippen LogP contribution in [-0.2, 0) is 9.47 Å². The van der Waals surface area contributed by atoms with E-state index < -0.39 is 0 Å². The molecule has 0 saturated carbocycles. The maximum atomic E-state index is 5.48. The Hall–Kier alpha value is -0.330. The summed E-state index contributed by atoms with van der Waals surface area (Å²) in [5.74, 6) is 0.830. The molecular formula is C10H13IO3. The number of hydrogen-bond acceptors (Lipinski definition) is 3. The summed E-state index contributed by atoms with van der Waals surface area (Å²) in [7, 11) is 3.18. The fraction of sp³-hybridized carbons (Fsp3) is 0.400. The van der Waals surface area contributed by atoms with Gasteiger partial charge in [0.2, 0.25) is 0 Å². The molecule has 0 heterocycles. The maximum Gasteiger partial charge on any atom is 0.191 e. The van der Waals surface area contributed by atoms with Crippen LogP contribution in [0.1, 0.15) is 0 Å². The molecule has 0 N–H and O–H groups in total. The first-order valence-corrected chi connectivity index (χ1v) is 5.28. The highest BCUT2D eigenvalue weighted by Crippen LogP contribution is 2.15. The smallest absolute Gasteiger partial charge is 0.191 e. The summed E-state index contributed by atoms with van der Waals surface area (Å²) < 4.78 is 16.6. The van der Waals surface area contributed by atoms with Crippen molar-refractivity contribution in [2.45, 2.75) is 6.29 Å². The van der Waals surface area contributed by atoms with Gasteiger partial charge in [0.25, 0.3) is 0 Å². The number of halogens is 1. The van der Waals surface area contributed by atoms with Crippen LogP contribution in [0.15, 0.2) is 24.3 Å². The van der Waals surface area contributed by atoms with Gasteiger partial charge in [-0.1, -0.05) is 6.07 Å². The average Bonchev–Trinajstić information content (AvgIpc) is 2.19. The summed E-state index contributed by atoms with van der Waals surface area (Å²) in [5, 5.41) is 0. The van der Waals surface area contributed by atoms with Gasteiger partial charge in [0.15, 0.2) is 6.29 Å². The Morgan fingerprint density at radius 2 is 2.00 bits per heavy atom. The minimum atomic E-state index is -0.312. The van der Waals surface area contributed by atoms with Crippen LogP contribution in [0.5, 0.6) is 5.75 Å². The molecule has 1 rings (SSSR count). The largest absolute Gasteiger partial charge is 0.488 e. The Kier molecular flexibility index (Phi) is 5.21. The van der Waals surface area contributed by atoms with Crippen molar-refractivity contribution in [2.75, 3.05) is 20.8 Å². The van der Waals surface area contributed by atoms with Crippen LogP contribution in [0.25, 0.3) is 0 Å². The number of ether oxygens (including phenoxy) is 3. The SMILES string of the molecule is COC(COc1cccc(I)c1)OC. The van der Waals surface area contributed by atoms with Gasteiger partial charge in [-0.05, 0) is 40.8 Å². The van der Waals surface area contributed by atoms with Crippen molar-refractivity contribution >= 4 is 22.6 Å². The van der Waals surface area contributed by atoms with Crippen LogP contribution >= 0.6 is 22.6 Å². The molecule has 0 atom stereocenters. The van der Waals surface area contributed by atoms with Gasteiger partial charge in [0.05, 0.1) is 0 Å². The first-order chi connectivity index (χ1) is 6.76. The van der Waals surface area contributed by atoms with Gasteiger partial charge >= 0.3 is 0 Å². The van der Waals surface area contributed by atoms with Crippen molar-refractivity contribution in [3.63, 3.8) is 0 Å². The zero-order valence-corrected chi connectivity index (χ0v) is 10.4. The van der Waals surface area contributed by atoms with Crippen molar-refractivity contribution in [3.05, 3.63) is 27.8 Å². The average molecular weight is 308 g/mol. The van der Waals surface area contributed by atoms with Gasteiger partial charge in [-0.3, -0.25) is 0 Å². The quantitative estimate of drug-likeness (QED) is 0.617. The molecule has 0 bridgehead atoms. The van der Waals surface area contributed by atoms with E-state index in [0.29, 0.717) is 6.61 Å². The number of methoxy groups -OCH3 is 2. The van der Waals surface area contributed by atoms with Gasteiger partial charge in [-0.25, -0.2) is 0 Å². The molecule has 0 radical (unpaired) electrons. The fourth-order valence-electron chi connectivity index (χ4n) is 0.953. The molecule has 78 valence electrons. The van der Waals surface area contributed by atoms with Crippen molar-refractivity contribution in [3.8, 4) is 5.75 Å². The van der Waals surface area contributed by atoms with Gasteiger partial charge in [-0.15, -0.1) is 0 Å². The fourth-order valence-corrected chi connectivity index (χ4v) is 1.47. The number of rotatable bonds is 5. The molecule has 0 aliphatic heterocycles. The summed E-state index contributed by atoms with van der Waals surface area (Å²) >= 11 is 2.24. The van der Waals surface area contributed by atoms with Gasteiger partial charge < -0.3 is 14.2 Å². The lowest BCUT2D eigenvalue weighted by molar-refractivity contribution is -0.121. The summed E-state index contributed by atoms with van der Waals surface area (Å²) in [5.41, 5.74) is 0. The van der Waals surface area contributed by atoms with Gasteiger partial charge in [0, 0.05) is 17.8 Å². The minimum Gasteiger partial charge on any atom is -0.488 e. The molecule has 14 heavy (non-hydrogen) atoms. The maximum absolute atomic E-state index is 5.48. The van der Waals surface area contributed by atoms with Crippen LogP contribution in [0.4, 0.5) is 0 Å². The third kappa shape index (κ3) is 3.81. The van der Waals surface area contributed by atoms with Crippen LogP contribution in [0.3, 0.4) is 0 Å². The first kappa shape index (κ1) is 11.7. The first-order valence-electron chi connectivity index (χ1n) is 4.20. The monoisotopic (exact) mass is 308 g/mol. The van der Waals surface area contributed by atoms with E-state index in [2.05, 4.69) is 22.6 Å². The predicted molar refractivity (Wildman–Crippen MR) is 62.5 cm³/mol. The van der Waals surface area contributed by atoms with Gasteiger partial charge in [0.1, 0.15) is 12.4 Å². The van der Waals surface area contributed by atoms with Crippen LogP contribution in [0, 0.1) is 3.57 Å². The molecule has 0 fully saturated rings. The Morgan fingerprint density at radius 3 is 2.57 bits per heavy atom. The normalized spacial score (nSPS) is 10.6. The second-order valence-electron chi connectivity index (χ2n) is 2.67. The lowest BCUT2D eigenvalue weighted by atomic mass is 10.3. The highest BCUT2D eigenvalue weighted by atomic mass is 127. The number of hydrogen-bond donors (Lipinski definition) is 0. The molecule has 0 aliphatic carbocycles. The van der Waals surface area contributed by atoms with Crippen molar-refractivity contribution in [1.29, 1.82) is 0 Å². The van der Waals surface area contributed by atoms with Crippen LogP contribution in [0.2, 0.25) is 0 Å². The minimum absolute atomic E-state index is 0.312. The van der Waals surface area contributed by atoms with E-state index in [0.717, 1.165) is 9.32 Å². The van der Waals surface area contributed by atoms with E-state index in [1.165, 1.54) is 0 Å². The third-order valence-corrected chi connectivity index (χ3v) is 2.38. The molecule has 0 spiro atoms. The molecule has 4 heteroatoms. The van der Waals surface area contributed by atoms with Crippen molar-refractivity contribution < 1.29 is 14.2 Å². The Morgan fingerprint density at radius 1 is 1.29 bits per heavy atom. The lowest BCUT2D eigenvalue weighted by Crippen LogP contribution is -2.21. The van der Waals surface area contributed by atoms with E-state index >= 15 is 0 Å². The van der Waals surface area contributed by atoms with Crippen molar-refractivity contribution in [2.24, 2.45) is 0 Å². The van der Waals surface area contributed by atoms with Gasteiger partial charge in [-0.2, -0.15) is 0 Å². The van der Waals surface area contributed by atoms with Crippen LogP contribution in [-0.4, -0.2) is 27.1 Å². The molecule has 0 saturated heterocycles. The lowest BCUT2D eigenvalue weighted by Gasteiger charge is -2.14. The summed E-state index contributed by atoms with van der Waals surface area (Å²) in [6, 6.07) is 7.83. The molecule has 3 nitrogen and oxygen atoms in total. The zero-order valence-electron chi connectivity index (χ0n) is 8.20. The Labute approximate surface area is 97.5 Å². The highest BCUT2D eigenvalue weighted by Gasteiger charge is 2.05. The van der Waals surface area contributed by atoms with E-state index in [4.69, 9.17) is 14.2 Å². The topological polar surface area (TPSA) is 27.7 Å². The molecule has 0 amide bonds. The predicted octanol–water partition coefficient (Wildman–Crippen LogP) is 2.29. The molecule has 0 aliphatic rings. The molecule has 0 unspecified atom stereocenters. The molecule has 1 aromatic rings. The summed E-state index contributed by atoms with van der Waals surface area (Å²) in [4.78, 5) is 0. The zero-order chi connectivity index (χ0) is 10.4. The number of benzene rings is 1. The summed E-state index contributed by atoms with van der Waals surface area (Å²) in [6.07, 6.45) is -0.312. The Bertz CT molecular complexity index is 274. The standard InChI is InChI=1S/C10H13IO3/c1-12-10(13-2)7-14-9-5-3-4-8(11)6-9/h3-6,10H,7H2,1-2H3. The van der Waals surface area contributed by atoms with Crippen LogP contribution < -0.4 is 4.74 Å². The van der Waals surface area contributed by atoms with E-state index in [-0.39, 0.29) is 6.29 Å². The third-order valence-electron chi connectivity index (χ3n) is 1.71. The highest BCUT2D eigenvalue weighted by molar-refractivity contribution is 14.1. The molecular weight excluding hydrogens is 295 g/mol. The van der Waals surface area contributed by atoms with E-state index in [1.54, 1.807) is 14.2 Å². The molecule has 1 aromatic carbocycles. The Balaban J connectivity index is 2.44.